The summed E-state index contributed by atoms with van der Waals surface area (Å²) in [6, 6.07) is 14.1. The monoisotopic (exact) mass is 825 g/mol. The molecule has 4 rings (SSSR count). The molecule has 42 heavy (non-hydrogen) atoms. The average Bonchev–Trinajstić information content (AvgIpc) is 2.98. The van der Waals surface area contributed by atoms with Crippen LogP contribution in [0, 0.1) is 0 Å². The Morgan fingerprint density at radius 3 is 1.64 bits per heavy atom. The van der Waals surface area contributed by atoms with Gasteiger partial charge in [-0.1, -0.05) is 30.3 Å². The van der Waals surface area contributed by atoms with Crippen LogP contribution in [-0.2, 0) is 9.59 Å². The lowest BCUT2D eigenvalue weighted by atomic mass is 10.1. The van der Waals surface area contributed by atoms with Crippen molar-refractivity contribution in [1.29, 1.82) is 0 Å². The fourth-order valence-corrected chi connectivity index (χ4v) is 5.89. The zero-order valence-corrected chi connectivity index (χ0v) is 27.3. The second-order valence-corrected chi connectivity index (χ2v) is 11.8. The second kappa shape index (κ2) is 13.5. The standard InChI is InChI=1S/C27H19Br4N5O6/c28-17-8-14(22(37)19(30)24(17)39)10-32-35-26(41)21(34-16-6-5-12-3-1-2-4-13(12)7-16)27(42)36-33-11-15-9-18(29)25(40)20(31)23(15)38/h1-11,21,34,37-40H,(H,35,41)(H,36,42). The fourth-order valence-electron chi connectivity index (χ4n) is 3.59. The largest absolute Gasteiger partial charge is 0.506 e. The lowest BCUT2D eigenvalue weighted by Crippen LogP contribution is -2.47. The molecular formula is C27H19Br4N5O6. The van der Waals surface area contributed by atoms with Gasteiger partial charge in [-0.3, -0.25) is 9.59 Å². The molecule has 216 valence electrons. The molecule has 4 aromatic rings. The molecule has 2 amide bonds. The third-order valence-corrected chi connectivity index (χ3v) is 8.45. The van der Waals surface area contributed by atoms with Crippen LogP contribution in [-0.4, -0.2) is 50.7 Å². The van der Waals surface area contributed by atoms with Gasteiger partial charge < -0.3 is 25.7 Å². The van der Waals surface area contributed by atoms with Gasteiger partial charge in [0.05, 0.1) is 21.4 Å². The van der Waals surface area contributed by atoms with E-state index in [2.05, 4.69) is 90.1 Å². The minimum absolute atomic E-state index is 0.0245. The van der Waals surface area contributed by atoms with E-state index in [-0.39, 0.29) is 52.0 Å². The maximum Gasteiger partial charge on any atom is 0.272 e. The lowest BCUT2D eigenvalue weighted by Gasteiger charge is -2.17. The zero-order valence-electron chi connectivity index (χ0n) is 20.9. The van der Waals surface area contributed by atoms with Gasteiger partial charge in [-0.2, -0.15) is 10.2 Å². The molecule has 7 N–H and O–H groups in total. The number of aromatic hydroxyl groups is 4. The van der Waals surface area contributed by atoms with Crippen molar-refractivity contribution in [2.45, 2.75) is 6.04 Å². The molecule has 0 heterocycles. The van der Waals surface area contributed by atoms with Crippen LogP contribution in [0.15, 0.2) is 82.7 Å². The number of hydrazone groups is 2. The summed E-state index contributed by atoms with van der Waals surface area (Å²) in [5, 5.41) is 52.7. The van der Waals surface area contributed by atoms with Crippen molar-refractivity contribution in [3.8, 4) is 23.0 Å². The van der Waals surface area contributed by atoms with Gasteiger partial charge >= 0.3 is 0 Å². The molecule has 0 saturated heterocycles. The molecule has 0 saturated carbocycles. The number of anilines is 1. The number of hydrogen-bond acceptors (Lipinski definition) is 9. The van der Waals surface area contributed by atoms with Gasteiger partial charge in [-0.25, -0.2) is 10.9 Å². The molecule has 4 aromatic carbocycles. The van der Waals surface area contributed by atoms with Crippen LogP contribution in [0.1, 0.15) is 11.1 Å². The molecule has 0 aromatic heterocycles. The number of hydrogen-bond donors (Lipinski definition) is 7. The number of phenolic OH excluding ortho intramolecular Hbond substituents is 4. The maximum absolute atomic E-state index is 13.1. The first-order valence-electron chi connectivity index (χ1n) is 11.7. The molecule has 15 heteroatoms. The number of nitrogens with zero attached hydrogens (tertiary/aromatic N) is 2. The molecule has 0 fully saturated rings. The summed E-state index contributed by atoms with van der Waals surface area (Å²) in [4.78, 5) is 26.3. The smallest absolute Gasteiger partial charge is 0.272 e. The summed E-state index contributed by atoms with van der Waals surface area (Å²) >= 11 is 12.4. The molecule has 0 aliphatic rings. The minimum Gasteiger partial charge on any atom is -0.506 e. The molecule has 0 radical (unpaired) electrons. The van der Waals surface area contributed by atoms with E-state index in [4.69, 9.17) is 0 Å². The molecule has 0 aliphatic carbocycles. The van der Waals surface area contributed by atoms with E-state index < -0.39 is 17.9 Å². The van der Waals surface area contributed by atoms with Crippen molar-refractivity contribution < 1.29 is 30.0 Å². The second-order valence-electron chi connectivity index (χ2n) is 8.53. The highest BCUT2D eigenvalue weighted by atomic mass is 79.9. The summed E-state index contributed by atoms with van der Waals surface area (Å²) in [6.07, 6.45) is 2.27. The number of carbonyl (C=O) groups is 2. The molecule has 11 nitrogen and oxygen atoms in total. The van der Waals surface area contributed by atoms with Crippen molar-refractivity contribution in [3.05, 3.63) is 83.6 Å². The minimum atomic E-state index is -1.53. The van der Waals surface area contributed by atoms with Gasteiger partial charge in [0.25, 0.3) is 11.8 Å². The van der Waals surface area contributed by atoms with Crippen molar-refractivity contribution in [1.82, 2.24) is 10.9 Å². The summed E-state index contributed by atoms with van der Waals surface area (Å²) in [5.41, 5.74) is 5.30. The molecule has 0 aliphatic heterocycles. The summed E-state index contributed by atoms with van der Waals surface area (Å²) < 4.78 is 0.589. The van der Waals surface area contributed by atoms with Crippen molar-refractivity contribution in [2.24, 2.45) is 10.2 Å². The van der Waals surface area contributed by atoms with Crippen LogP contribution in [0.2, 0.25) is 0 Å². The molecular weight excluding hydrogens is 810 g/mol. The van der Waals surface area contributed by atoms with E-state index in [1.807, 2.05) is 30.3 Å². The third kappa shape index (κ3) is 7.03. The highest BCUT2D eigenvalue weighted by molar-refractivity contribution is 9.11. The number of halogens is 4. The average molecular weight is 829 g/mol. The maximum atomic E-state index is 13.1. The SMILES string of the molecule is O=C(NN=Cc1cc(Br)c(O)c(Br)c1O)C(Nc1ccc2ccccc2c1)C(=O)NN=Cc1cc(Br)c(O)c(Br)c1O. The number of phenols is 4. The number of nitrogens with one attached hydrogen (secondary N) is 3. The Labute approximate surface area is 271 Å². The van der Waals surface area contributed by atoms with Crippen LogP contribution in [0.5, 0.6) is 23.0 Å². The van der Waals surface area contributed by atoms with Crippen molar-refractivity contribution in [3.63, 3.8) is 0 Å². The van der Waals surface area contributed by atoms with Gasteiger partial charge in [0, 0.05) is 16.8 Å². The Balaban J connectivity index is 1.57. The van der Waals surface area contributed by atoms with Crippen LogP contribution < -0.4 is 16.2 Å². The first-order valence-corrected chi connectivity index (χ1v) is 14.9. The number of carbonyl (C=O) groups excluding carboxylic acids is 2. The zero-order chi connectivity index (χ0) is 30.6. The highest BCUT2D eigenvalue weighted by Gasteiger charge is 2.27. The van der Waals surface area contributed by atoms with Gasteiger partial charge in [-0.15, -0.1) is 0 Å². The number of rotatable bonds is 8. The van der Waals surface area contributed by atoms with Crippen LogP contribution in [0.3, 0.4) is 0 Å². The Morgan fingerprint density at radius 2 is 1.14 bits per heavy atom. The van der Waals surface area contributed by atoms with E-state index in [1.165, 1.54) is 12.1 Å². The third-order valence-electron chi connectivity index (χ3n) is 5.74. The number of fused-ring (bicyclic) bond motifs is 1. The Kier molecular flexibility index (Phi) is 10.1. The number of amides is 2. The fraction of sp³-hybridized carbons (Fsp3) is 0.0370. The van der Waals surface area contributed by atoms with Crippen molar-refractivity contribution in [2.75, 3.05) is 5.32 Å². The van der Waals surface area contributed by atoms with Crippen LogP contribution in [0.25, 0.3) is 10.8 Å². The Bertz CT molecular complexity index is 1680. The van der Waals surface area contributed by atoms with E-state index in [0.29, 0.717) is 5.69 Å². The molecule has 0 spiro atoms. The predicted octanol–water partition coefficient (Wildman–Crippen LogP) is 5.79. The number of benzene rings is 4. The summed E-state index contributed by atoms with van der Waals surface area (Å²) in [6.45, 7) is 0. The quantitative estimate of drug-likeness (QED) is 0.0668. The van der Waals surface area contributed by atoms with Crippen LogP contribution in [0.4, 0.5) is 5.69 Å². The lowest BCUT2D eigenvalue weighted by molar-refractivity contribution is -0.130. The van der Waals surface area contributed by atoms with E-state index in [0.717, 1.165) is 23.2 Å². The van der Waals surface area contributed by atoms with E-state index in [1.54, 1.807) is 12.1 Å². The van der Waals surface area contributed by atoms with Gasteiger partial charge in [-0.05, 0) is 98.8 Å². The topological polar surface area (TPSA) is 176 Å². The normalized spacial score (nSPS) is 12.1. The van der Waals surface area contributed by atoms with Gasteiger partial charge in [0.2, 0.25) is 0 Å². The Hall–Kier alpha value is -3.66. The van der Waals surface area contributed by atoms with Crippen molar-refractivity contribution >= 4 is 104 Å². The van der Waals surface area contributed by atoms with E-state index >= 15 is 0 Å². The first kappa shape index (κ1) is 31.3. The Morgan fingerprint density at radius 1 is 0.667 bits per heavy atom. The summed E-state index contributed by atoms with van der Waals surface area (Å²) in [5.74, 6) is -2.79. The summed E-state index contributed by atoms with van der Waals surface area (Å²) in [7, 11) is 0. The highest BCUT2D eigenvalue weighted by Crippen LogP contribution is 2.41. The first-order chi connectivity index (χ1) is 20.0. The van der Waals surface area contributed by atoms with Gasteiger partial charge in [0.15, 0.2) is 6.04 Å². The van der Waals surface area contributed by atoms with Crippen LogP contribution >= 0.6 is 63.7 Å². The molecule has 0 bridgehead atoms. The van der Waals surface area contributed by atoms with Gasteiger partial charge in [0.1, 0.15) is 31.9 Å². The van der Waals surface area contributed by atoms with E-state index in [9.17, 15) is 30.0 Å². The molecule has 0 unspecified atom stereocenters. The molecule has 0 atom stereocenters. The predicted molar refractivity (Wildman–Crippen MR) is 173 cm³/mol.